The molecule has 0 spiro atoms. The smallest absolute Gasteiger partial charge is 0.306 e. The number of hydrogen-bond donors (Lipinski definition) is 1. The van der Waals surface area contributed by atoms with E-state index in [1.165, 1.54) is 24.8 Å². The Bertz CT molecular complexity index is 635. The van der Waals surface area contributed by atoms with E-state index in [9.17, 15) is 14.7 Å². The Morgan fingerprint density at radius 2 is 1.88 bits per heavy atom. The van der Waals surface area contributed by atoms with Gasteiger partial charge >= 0.3 is 5.97 Å². The number of ketones is 1. The van der Waals surface area contributed by atoms with Crippen molar-refractivity contribution < 1.29 is 14.7 Å². The molecule has 4 aliphatic carbocycles. The zero-order valence-corrected chi connectivity index (χ0v) is 15.9. The van der Waals surface area contributed by atoms with Crippen LogP contribution in [-0.4, -0.2) is 16.9 Å². The number of carboxylic acids is 1. The second-order valence-electron chi connectivity index (χ2n) is 9.82. The molecule has 0 amide bonds. The van der Waals surface area contributed by atoms with E-state index >= 15 is 0 Å². The first-order valence-corrected chi connectivity index (χ1v) is 10.2. The predicted octanol–water partition coefficient (Wildman–Crippen LogP) is 4.86. The molecule has 0 radical (unpaired) electrons. The van der Waals surface area contributed by atoms with E-state index < -0.39 is 5.97 Å². The second kappa shape index (κ2) is 5.69. The number of rotatable bonds is 2. The van der Waals surface area contributed by atoms with Gasteiger partial charge in [0.1, 0.15) is 0 Å². The Balaban J connectivity index is 1.63. The molecule has 7 unspecified atom stereocenters. The maximum Gasteiger partial charge on any atom is 0.306 e. The van der Waals surface area contributed by atoms with Gasteiger partial charge in [-0.15, -0.1) is 0 Å². The largest absolute Gasteiger partial charge is 0.481 e. The van der Waals surface area contributed by atoms with Crippen LogP contribution in [0, 0.1) is 40.4 Å². The molecule has 138 valence electrons. The lowest BCUT2D eigenvalue weighted by molar-refractivity contribution is -0.146. The number of aliphatic carboxylic acids is 1. The van der Waals surface area contributed by atoms with E-state index in [0.717, 1.165) is 31.6 Å². The molecule has 7 atom stereocenters. The SMILES string of the molecule is CC(C(=O)O)C1CCC2C3CCC4=CC(=O)CCC4(C)C3CCC12C. The van der Waals surface area contributed by atoms with Crippen molar-refractivity contribution >= 4 is 11.8 Å². The Hall–Kier alpha value is -1.12. The second-order valence-corrected chi connectivity index (χ2v) is 9.82. The van der Waals surface area contributed by atoms with Crippen LogP contribution in [0.15, 0.2) is 11.6 Å². The number of hydrogen-bond acceptors (Lipinski definition) is 2. The average molecular weight is 344 g/mol. The fraction of sp³-hybridized carbons (Fsp3) is 0.818. The molecule has 3 saturated carbocycles. The third-order valence-electron chi connectivity index (χ3n) is 9.03. The summed E-state index contributed by atoms with van der Waals surface area (Å²) in [5, 5.41) is 9.56. The summed E-state index contributed by atoms with van der Waals surface area (Å²) in [5.74, 6) is 1.89. The Labute approximate surface area is 151 Å². The molecule has 3 nitrogen and oxygen atoms in total. The van der Waals surface area contributed by atoms with Crippen LogP contribution in [0.2, 0.25) is 0 Å². The monoisotopic (exact) mass is 344 g/mol. The lowest BCUT2D eigenvalue weighted by Gasteiger charge is -2.58. The first kappa shape index (κ1) is 17.3. The van der Waals surface area contributed by atoms with Crippen LogP contribution in [0.3, 0.4) is 0 Å². The highest BCUT2D eigenvalue weighted by Gasteiger charge is 2.60. The van der Waals surface area contributed by atoms with Crippen molar-refractivity contribution in [2.75, 3.05) is 0 Å². The zero-order valence-electron chi connectivity index (χ0n) is 15.9. The fourth-order valence-corrected chi connectivity index (χ4v) is 7.59. The van der Waals surface area contributed by atoms with Gasteiger partial charge in [-0.25, -0.2) is 0 Å². The topological polar surface area (TPSA) is 54.4 Å². The highest BCUT2D eigenvalue weighted by Crippen LogP contribution is 2.67. The van der Waals surface area contributed by atoms with Crippen molar-refractivity contribution in [2.45, 2.75) is 72.1 Å². The minimum atomic E-state index is -0.624. The van der Waals surface area contributed by atoms with Crippen LogP contribution in [-0.2, 0) is 9.59 Å². The van der Waals surface area contributed by atoms with E-state index in [0.29, 0.717) is 30.0 Å². The number of carbonyl (C=O) groups excluding carboxylic acids is 1. The van der Waals surface area contributed by atoms with Gasteiger partial charge in [-0.3, -0.25) is 9.59 Å². The third-order valence-corrected chi connectivity index (χ3v) is 9.03. The van der Waals surface area contributed by atoms with Gasteiger partial charge in [0.2, 0.25) is 0 Å². The minimum absolute atomic E-state index is 0.195. The van der Waals surface area contributed by atoms with Gasteiger partial charge in [-0.2, -0.15) is 0 Å². The number of allylic oxidation sites excluding steroid dienone is 1. The van der Waals surface area contributed by atoms with Crippen molar-refractivity contribution in [3.63, 3.8) is 0 Å². The summed E-state index contributed by atoms with van der Waals surface area (Å²) in [5.41, 5.74) is 1.83. The van der Waals surface area contributed by atoms with Crippen LogP contribution in [0.5, 0.6) is 0 Å². The Morgan fingerprint density at radius 3 is 2.60 bits per heavy atom. The van der Waals surface area contributed by atoms with Crippen LogP contribution in [0.4, 0.5) is 0 Å². The van der Waals surface area contributed by atoms with Crippen molar-refractivity contribution in [3.8, 4) is 0 Å². The molecular weight excluding hydrogens is 312 g/mol. The molecule has 4 rings (SSSR count). The van der Waals surface area contributed by atoms with E-state index in [-0.39, 0.29) is 16.7 Å². The van der Waals surface area contributed by atoms with Crippen molar-refractivity contribution in [2.24, 2.45) is 40.4 Å². The summed E-state index contributed by atoms with van der Waals surface area (Å²) in [6.45, 7) is 6.72. The van der Waals surface area contributed by atoms with Crippen LogP contribution >= 0.6 is 0 Å². The summed E-state index contributed by atoms with van der Waals surface area (Å²) in [4.78, 5) is 23.5. The maximum atomic E-state index is 11.9. The molecule has 0 aromatic heterocycles. The van der Waals surface area contributed by atoms with E-state index in [2.05, 4.69) is 13.8 Å². The van der Waals surface area contributed by atoms with Crippen molar-refractivity contribution in [1.82, 2.24) is 0 Å². The first-order valence-electron chi connectivity index (χ1n) is 10.2. The molecule has 0 saturated heterocycles. The van der Waals surface area contributed by atoms with Gasteiger partial charge in [0.05, 0.1) is 5.92 Å². The summed E-state index contributed by atoms with van der Waals surface area (Å²) in [6.07, 6.45) is 10.6. The van der Waals surface area contributed by atoms with Crippen LogP contribution in [0.1, 0.15) is 72.1 Å². The van der Waals surface area contributed by atoms with Gasteiger partial charge in [0.15, 0.2) is 5.78 Å². The van der Waals surface area contributed by atoms with Crippen LogP contribution < -0.4 is 0 Å². The zero-order chi connectivity index (χ0) is 18.0. The molecule has 0 aliphatic heterocycles. The Kier molecular flexibility index (Phi) is 3.94. The molecule has 3 heteroatoms. The van der Waals surface area contributed by atoms with E-state index in [1.54, 1.807) is 0 Å². The van der Waals surface area contributed by atoms with Crippen LogP contribution in [0.25, 0.3) is 0 Å². The quantitative estimate of drug-likeness (QED) is 0.778. The predicted molar refractivity (Wildman–Crippen MR) is 97.0 cm³/mol. The summed E-state index contributed by atoms with van der Waals surface area (Å²) in [7, 11) is 0. The van der Waals surface area contributed by atoms with Gasteiger partial charge in [-0.05, 0) is 85.5 Å². The number of fused-ring (bicyclic) bond motifs is 5. The fourth-order valence-electron chi connectivity index (χ4n) is 7.59. The van der Waals surface area contributed by atoms with E-state index in [1.807, 2.05) is 13.0 Å². The molecule has 3 fully saturated rings. The van der Waals surface area contributed by atoms with Gasteiger partial charge in [0, 0.05) is 6.42 Å². The lowest BCUT2D eigenvalue weighted by Crippen LogP contribution is -2.51. The molecule has 25 heavy (non-hydrogen) atoms. The molecule has 0 heterocycles. The first-order chi connectivity index (χ1) is 11.8. The number of carboxylic acid groups (broad SMARTS) is 1. The Morgan fingerprint density at radius 1 is 1.12 bits per heavy atom. The third kappa shape index (κ3) is 2.37. The van der Waals surface area contributed by atoms with Gasteiger partial charge in [-0.1, -0.05) is 26.3 Å². The van der Waals surface area contributed by atoms with E-state index in [4.69, 9.17) is 0 Å². The summed E-state index contributed by atoms with van der Waals surface area (Å²) < 4.78 is 0. The van der Waals surface area contributed by atoms with Crippen molar-refractivity contribution in [1.29, 1.82) is 0 Å². The van der Waals surface area contributed by atoms with Crippen molar-refractivity contribution in [3.05, 3.63) is 11.6 Å². The molecular formula is C22H32O3. The molecule has 4 aliphatic rings. The normalized spacial score (nSPS) is 47.3. The highest BCUT2D eigenvalue weighted by molar-refractivity contribution is 5.91. The minimum Gasteiger partial charge on any atom is -0.481 e. The van der Waals surface area contributed by atoms with Gasteiger partial charge < -0.3 is 5.11 Å². The van der Waals surface area contributed by atoms with Gasteiger partial charge in [0.25, 0.3) is 0 Å². The molecule has 0 aromatic rings. The molecule has 0 bridgehead atoms. The standard InChI is InChI=1S/C22H32O3/c1-13(20(24)25)17-6-7-18-16-5-4-14-12-15(23)8-10-21(14,2)19(16)9-11-22(17,18)3/h12-13,16-19H,4-11H2,1-3H3,(H,24,25). The molecule has 1 N–H and O–H groups in total. The lowest BCUT2D eigenvalue weighted by atomic mass is 9.46. The number of carbonyl (C=O) groups is 2. The average Bonchev–Trinajstić information content (AvgIpc) is 2.92. The maximum absolute atomic E-state index is 11.9. The molecule has 0 aromatic carbocycles. The summed E-state index contributed by atoms with van der Waals surface area (Å²) >= 11 is 0. The summed E-state index contributed by atoms with van der Waals surface area (Å²) in [6, 6.07) is 0. The highest BCUT2D eigenvalue weighted by atomic mass is 16.4.